The monoisotopic (exact) mass is 322 g/mol. The van der Waals surface area contributed by atoms with Crippen molar-refractivity contribution in [3.8, 4) is 11.1 Å². The van der Waals surface area contributed by atoms with Gasteiger partial charge in [0.05, 0.1) is 5.69 Å². The van der Waals surface area contributed by atoms with Crippen LogP contribution in [0.25, 0.3) is 11.1 Å². The second-order valence-electron chi connectivity index (χ2n) is 6.85. The molecule has 0 N–H and O–H groups in total. The quantitative estimate of drug-likeness (QED) is 0.872. The van der Waals surface area contributed by atoms with Crippen molar-refractivity contribution in [1.82, 2.24) is 19.9 Å². The molecule has 1 aliphatic carbocycles. The van der Waals surface area contributed by atoms with Crippen LogP contribution in [0.1, 0.15) is 43.1 Å². The van der Waals surface area contributed by atoms with E-state index < -0.39 is 0 Å². The summed E-state index contributed by atoms with van der Waals surface area (Å²) in [4.78, 5) is 27.7. The number of carbonyl (C=O) groups is 1. The fourth-order valence-corrected chi connectivity index (χ4v) is 3.54. The molecular weight excluding hydrogens is 300 g/mol. The van der Waals surface area contributed by atoms with Gasteiger partial charge in [-0.25, -0.2) is 9.97 Å². The molecule has 1 saturated carbocycles. The third-order valence-corrected chi connectivity index (χ3v) is 4.98. The molecule has 24 heavy (non-hydrogen) atoms. The van der Waals surface area contributed by atoms with E-state index in [1.54, 1.807) is 12.4 Å². The Bertz CT molecular complexity index is 742. The highest BCUT2D eigenvalue weighted by Crippen LogP contribution is 2.36. The first-order valence-corrected chi connectivity index (χ1v) is 8.75. The predicted octanol–water partition coefficient (Wildman–Crippen LogP) is 2.96. The smallest absolute Gasteiger partial charge is 0.225 e. The number of aryl methyl sites for hydroxylation is 1. The first kappa shape index (κ1) is 15.2. The Morgan fingerprint density at radius 3 is 2.75 bits per heavy atom. The van der Waals surface area contributed by atoms with Crippen molar-refractivity contribution in [3.63, 3.8) is 0 Å². The average molecular weight is 322 g/mol. The lowest BCUT2D eigenvalue weighted by Gasteiger charge is -2.33. The summed E-state index contributed by atoms with van der Waals surface area (Å²) in [6.45, 7) is 3.60. The summed E-state index contributed by atoms with van der Waals surface area (Å²) in [5.74, 6) is 1.70. The normalized spacial score (nSPS) is 20.9. The van der Waals surface area contributed by atoms with Crippen molar-refractivity contribution < 1.29 is 4.79 Å². The summed E-state index contributed by atoms with van der Waals surface area (Å²) in [6.07, 6.45) is 9.74. The number of rotatable bonds is 3. The third-order valence-electron chi connectivity index (χ3n) is 4.98. The first-order valence-electron chi connectivity index (χ1n) is 8.75. The van der Waals surface area contributed by atoms with Gasteiger partial charge < -0.3 is 4.90 Å². The maximum atomic E-state index is 12.4. The number of hydrogen-bond donors (Lipinski definition) is 0. The standard InChI is InChI=1S/C19H22N4O/c1-13-21-11-17(14-6-8-20-9-7-14)18(22-13)16-3-2-10-23(12-16)19(24)15-4-5-15/h6-9,11,15-16H,2-5,10,12H2,1H3. The maximum Gasteiger partial charge on any atom is 0.225 e. The molecule has 124 valence electrons. The van der Waals surface area contributed by atoms with E-state index in [1.807, 2.05) is 25.3 Å². The van der Waals surface area contributed by atoms with Crippen LogP contribution in [0.3, 0.4) is 0 Å². The summed E-state index contributed by atoms with van der Waals surface area (Å²) in [6, 6.07) is 3.99. The van der Waals surface area contributed by atoms with E-state index in [9.17, 15) is 4.79 Å². The third kappa shape index (κ3) is 3.03. The van der Waals surface area contributed by atoms with E-state index in [0.717, 1.165) is 61.4 Å². The molecule has 0 spiro atoms. The van der Waals surface area contributed by atoms with Crippen molar-refractivity contribution in [1.29, 1.82) is 0 Å². The van der Waals surface area contributed by atoms with Crippen LogP contribution in [0.4, 0.5) is 0 Å². The molecule has 1 unspecified atom stereocenters. The van der Waals surface area contributed by atoms with Crippen LogP contribution in [0.2, 0.25) is 0 Å². The van der Waals surface area contributed by atoms with E-state index in [-0.39, 0.29) is 11.8 Å². The van der Waals surface area contributed by atoms with Crippen molar-refractivity contribution in [2.75, 3.05) is 13.1 Å². The molecule has 2 aromatic heterocycles. The number of amides is 1. The van der Waals surface area contributed by atoms with Crippen LogP contribution in [0.5, 0.6) is 0 Å². The second kappa shape index (κ2) is 6.30. The van der Waals surface area contributed by atoms with Gasteiger partial charge in [-0.05, 0) is 50.3 Å². The molecule has 1 amide bonds. The number of pyridine rings is 1. The van der Waals surface area contributed by atoms with Gasteiger partial charge in [0, 0.05) is 49.1 Å². The van der Waals surface area contributed by atoms with Gasteiger partial charge in [-0.1, -0.05) is 0 Å². The Hall–Kier alpha value is -2.30. The molecular formula is C19H22N4O. The maximum absolute atomic E-state index is 12.4. The van der Waals surface area contributed by atoms with Gasteiger partial charge in [0.25, 0.3) is 0 Å². The van der Waals surface area contributed by atoms with Crippen LogP contribution in [-0.4, -0.2) is 38.8 Å². The van der Waals surface area contributed by atoms with E-state index >= 15 is 0 Å². The van der Waals surface area contributed by atoms with Crippen LogP contribution in [-0.2, 0) is 4.79 Å². The summed E-state index contributed by atoms with van der Waals surface area (Å²) in [5.41, 5.74) is 3.22. The van der Waals surface area contributed by atoms with Gasteiger partial charge in [-0.15, -0.1) is 0 Å². The van der Waals surface area contributed by atoms with E-state index in [4.69, 9.17) is 4.98 Å². The SMILES string of the molecule is Cc1ncc(-c2ccncc2)c(C2CCCN(C(=O)C3CC3)C2)n1. The number of likely N-dealkylation sites (tertiary alicyclic amines) is 1. The molecule has 2 aliphatic rings. The zero-order chi connectivity index (χ0) is 16.5. The fourth-order valence-electron chi connectivity index (χ4n) is 3.54. The lowest BCUT2D eigenvalue weighted by Crippen LogP contribution is -2.40. The minimum absolute atomic E-state index is 0.284. The Labute approximate surface area is 142 Å². The molecule has 5 heteroatoms. The fraction of sp³-hybridized carbons (Fsp3) is 0.474. The van der Waals surface area contributed by atoms with Crippen LogP contribution < -0.4 is 0 Å². The average Bonchev–Trinajstić information content (AvgIpc) is 3.47. The molecule has 3 heterocycles. The summed E-state index contributed by atoms with van der Waals surface area (Å²) >= 11 is 0. The lowest BCUT2D eigenvalue weighted by atomic mass is 9.90. The first-order chi connectivity index (χ1) is 11.7. The highest BCUT2D eigenvalue weighted by atomic mass is 16.2. The lowest BCUT2D eigenvalue weighted by molar-refractivity contribution is -0.133. The van der Waals surface area contributed by atoms with E-state index in [1.165, 1.54) is 0 Å². The highest BCUT2D eigenvalue weighted by molar-refractivity contribution is 5.81. The van der Waals surface area contributed by atoms with Crippen molar-refractivity contribution >= 4 is 5.91 Å². The number of piperidine rings is 1. The minimum Gasteiger partial charge on any atom is -0.342 e. The molecule has 1 aliphatic heterocycles. The topological polar surface area (TPSA) is 59.0 Å². The van der Waals surface area contributed by atoms with Crippen molar-refractivity contribution in [2.45, 2.75) is 38.5 Å². The van der Waals surface area contributed by atoms with Crippen LogP contribution in [0.15, 0.2) is 30.7 Å². The van der Waals surface area contributed by atoms with Gasteiger partial charge in [-0.2, -0.15) is 0 Å². The molecule has 4 rings (SSSR count). The number of hydrogen-bond acceptors (Lipinski definition) is 4. The summed E-state index contributed by atoms with van der Waals surface area (Å²) in [5, 5.41) is 0. The van der Waals surface area contributed by atoms with Crippen molar-refractivity contribution in [3.05, 3.63) is 42.2 Å². The van der Waals surface area contributed by atoms with Gasteiger partial charge in [0.15, 0.2) is 0 Å². The predicted molar refractivity (Wildman–Crippen MR) is 91.3 cm³/mol. The molecule has 2 fully saturated rings. The molecule has 1 atom stereocenters. The number of carbonyl (C=O) groups excluding carboxylic acids is 1. The largest absolute Gasteiger partial charge is 0.342 e. The Morgan fingerprint density at radius 1 is 1.21 bits per heavy atom. The number of nitrogens with zero attached hydrogens (tertiary/aromatic N) is 4. The molecule has 0 bridgehead atoms. The van der Waals surface area contributed by atoms with Crippen LogP contribution in [0, 0.1) is 12.8 Å². The van der Waals surface area contributed by atoms with E-state index in [2.05, 4.69) is 14.9 Å². The Kier molecular flexibility index (Phi) is 4.00. The Morgan fingerprint density at radius 2 is 2.00 bits per heavy atom. The minimum atomic E-state index is 0.284. The van der Waals surface area contributed by atoms with Crippen molar-refractivity contribution in [2.24, 2.45) is 5.92 Å². The summed E-state index contributed by atoms with van der Waals surface area (Å²) < 4.78 is 0. The molecule has 1 saturated heterocycles. The highest BCUT2D eigenvalue weighted by Gasteiger charge is 2.36. The van der Waals surface area contributed by atoms with Gasteiger partial charge >= 0.3 is 0 Å². The molecule has 0 aromatic carbocycles. The van der Waals surface area contributed by atoms with Gasteiger partial charge in [0.2, 0.25) is 5.91 Å². The van der Waals surface area contributed by atoms with Crippen LogP contribution >= 0.6 is 0 Å². The second-order valence-corrected chi connectivity index (χ2v) is 6.85. The molecule has 2 aromatic rings. The molecule has 5 nitrogen and oxygen atoms in total. The van der Waals surface area contributed by atoms with E-state index in [0.29, 0.717) is 5.91 Å². The Balaban J connectivity index is 1.65. The van der Waals surface area contributed by atoms with Gasteiger partial charge in [0.1, 0.15) is 5.82 Å². The zero-order valence-electron chi connectivity index (χ0n) is 14.0. The summed E-state index contributed by atoms with van der Waals surface area (Å²) in [7, 11) is 0. The van der Waals surface area contributed by atoms with Gasteiger partial charge in [-0.3, -0.25) is 9.78 Å². The molecule has 0 radical (unpaired) electrons. The zero-order valence-corrected chi connectivity index (χ0v) is 14.0. The number of aromatic nitrogens is 3.